The highest BCUT2D eigenvalue weighted by Gasteiger charge is 2.35. The summed E-state index contributed by atoms with van der Waals surface area (Å²) in [5.41, 5.74) is -0.516. The predicted octanol–water partition coefficient (Wildman–Crippen LogP) is 5.55. The number of rotatable bonds is 5. The lowest BCUT2D eigenvalue weighted by Crippen LogP contribution is -2.45. The fourth-order valence-corrected chi connectivity index (χ4v) is 4.13. The number of likely N-dealkylation sites (tertiary alicyclic amines) is 1. The van der Waals surface area contributed by atoms with Crippen molar-refractivity contribution in [1.82, 2.24) is 10.2 Å². The summed E-state index contributed by atoms with van der Waals surface area (Å²) in [6.07, 6.45) is -3.38. The van der Waals surface area contributed by atoms with Gasteiger partial charge in [-0.15, -0.1) is 0 Å². The normalized spacial score (nSPS) is 16.5. The van der Waals surface area contributed by atoms with Crippen LogP contribution >= 0.6 is 23.2 Å². The summed E-state index contributed by atoms with van der Waals surface area (Å²) in [4.78, 5) is 14.4. The van der Waals surface area contributed by atoms with E-state index in [-0.39, 0.29) is 12.5 Å². The third-order valence-electron chi connectivity index (χ3n) is 5.42. The molecule has 3 rings (SSSR count). The second-order valence-corrected chi connectivity index (χ2v) is 8.58. The second-order valence-electron chi connectivity index (χ2n) is 7.71. The molecule has 0 saturated carbocycles. The number of carbonyl (C=O) groups is 1. The van der Waals surface area contributed by atoms with Crippen molar-refractivity contribution >= 4 is 29.1 Å². The number of carbonyl (C=O) groups excluding carboxylic acids is 1. The van der Waals surface area contributed by atoms with E-state index in [0.717, 1.165) is 12.1 Å². The molecule has 0 radical (unpaired) electrons. The third kappa shape index (κ3) is 6.13. The summed E-state index contributed by atoms with van der Waals surface area (Å²) in [5, 5.41) is 13.2. The number of nitrogens with one attached hydrogen (secondary N) is 1. The molecule has 9 heteroatoms. The highest BCUT2D eigenvalue weighted by molar-refractivity contribution is 6.35. The van der Waals surface area contributed by atoms with Crippen molar-refractivity contribution in [3.05, 3.63) is 69.2 Å². The minimum Gasteiger partial charge on any atom is -0.350 e. The third-order valence-corrected chi connectivity index (χ3v) is 5.86. The number of hydrogen-bond donors (Lipinski definition) is 1. The Morgan fingerprint density at radius 2 is 1.77 bits per heavy atom. The van der Waals surface area contributed by atoms with Crippen LogP contribution in [0, 0.1) is 16.7 Å². The topological polar surface area (TPSA) is 56.1 Å². The molecule has 2 aromatic rings. The summed E-state index contributed by atoms with van der Waals surface area (Å²) >= 11 is 11.9. The van der Waals surface area contributed by atoms with Crippen molar-refractivity contribution in [3.8, 4) is 6.07 Å². The molecule has 0 aromatic heterocycles. The molecule has 0 aliphatic carbocycles. The van der Waals surface area contributed by atoms with Crippen molar-refractivity contribution in [2.24, 2.45) is 5.41 Å². The molecule has 2 aromatic carbocycles. The van der Waals surface area contributed by atoms with Crippen LogP contribution in [-0.2, 0) is 12.7 Å². The van der Waals surface area contributed by atoms with E-state index in [9.17, 15) is 23.2 Å². The fourth-order valence-electron chi connectivity index (χ4n) is 3.61. The SMILES string of the molecule is N#CC1(CNC(=O)c2cc(Cl)cc(Cl)c2)CCN(Cc2cccc(C(F)(F)F)c2)CC1. The maximum atomic E-state index is 12.9. The van der Waals surface area contributed by atoms with Crippen LogP contribution in [-0.4, -0.2) is 30.4 Å². The average molecular weight is 470 g/mol. The highest BCUT2D eigenvalue weighted by atomic mass is 35.5. The zero-order valence-corrected chi connectivity index (χ0v) is 18.0. The summed E-state index contributed by atoms with van der Waals surface area (Å²) in [7, 11) is 0. The number of piperidine rings is 1. The molecule has 0 spiro atoms. The van der Waals surface area contributed by atoms with Gasteiger partial charge in [0.25, 0.3) is 5.91 Å². The van der Waals surface area contributed by atoms with Gasteiger partial charge in [0.2, 0.25) is 0 Å². The van der Waals surface area contributed by atoms with Gasteiger partial charge in [-0.3, -0.25) is 9.69 Å². The number of amides is 1. The van der Waals surface area contributed by atoms with Crippen LogP contribution in [0.15, 0.2) is 42.5 Å². The van der Waals surface area contributed by atoms with Gasteiger partial charge in [0.1, 0.15) is 0 Å². The lowest BCUT2D eigenvalue weighted by molar-refractivity contribution is -0.137. The van der Waals surface area contributed by atoms with E-state index in [0.29, 0.717) is 53.6 Å². The zero-order valence-electron chi connectivity index (χ0n) is 16.5. The van der Waals surface area contributed by atoms with Crippen molar-refractivity contribution in [3.63, 3.8) is 0 Å². The summed E-state index contributed by atoms with van der Waals surface area (Å²) in [6.45, 7) is 1.63. The van der Waals surface area contributed by atoms with Crippen LogP contribution in [0.4, 0.5) is 13.2 Å². The molecular formula is C22H20Cl2F3N3O. The van der Waals surface area contributed by atoms with E-state index in [1.165, 1.54) is 24.3 Å². The Kier molecular flexibility index (Phi) is 7.15. The van der Waals surface area contributed by atoms with Gasteiger partial charge in [-0.25, -0.2) is 0 Å². The lowest BCUT2D eigenvalue weighted by Gasteiger charge is -2.37. The molecule has 0 atom stereocenters. The Hall–Kier alpha value is -2.27. The van der Waals surface area contributed by atoms with Gasteiger partial charge in [0.15, 0.2) is 0 Å². The molecule has 1 aliphatic rings. The quantitative estimate of drug-likeness (QED) is 0.624. The molecule has 0 bridgehead atoms. The van der Waals surface area contributed by atoms with Crippen LogP contribution in [0.1, 0.15) is 34.3 Å². The molecule has 1 N–H and O–H groups in total. The maximum absolute atomic E-state index is 12.9. The minimum atomic E-state index is -4.38. The van der Waals surface area contributed by atoms with Crippen LogP contribution in [0.3, 0.4) is 0 Å². The van der Waals surface area contributed by atoms with E-state index in [4.69, 9.17) is 23.2 Å². The van der Waals surface area contributed by atoms with E-state index in [1.807, 2.05) is 4.90 Å². The Balaban J connectivity index is 1.57. The lowest BCUT2D eigenvalue weighted by atomic mass is 9.79. The minimum absolute atomic E-state index is 0.171. The Bertz CT molecular complexity index is 976. The van der Waals surface area contributed by atoms with Crippen LogP contribution < -0.4 is 5.32 Å². The van der Waals surface area contributed by atoms with Gasteiger partial charge in [-0.1, -0.05) is 41.4 Å². The van der Waals surface area contributed by atoms with E-state index in [2.05, 4.69) is 11.4 Å². The predicted molar refractivity (Wildman–Crippen MR) is 113 cm³/mol. The van der Waals surface area contributed by atoms with Crippen molar-refractivity contribution in [1.29, 1.82) is 5.26 Å². The van der Waals surface area contributed by atoms with Gasteiger partial charge >= 0.3 is 6.18 Å². The number of hydrogen-bond acceptors (Lipinski definition) is 3. The molecule has 164 valence electrons. The first kappa shape index (κ1) is 23.4. The highest BCUT2D eigenvalue weighted by Crippen LogP contribution is 2.32. The summed E-state index contributed by atoms with van der Waals surface area (Å²) in [5.74, 6) is -0.370. The molecule has 4 nitrogen and oxygen atoms in total. The molecule has 1 heterocycles. The fraction of sp³-hybridized carbons (Fsp3) is 0.364. The van der Waals surface area contributed by atoms with Gasteiger partial charge in [0, 0.05) is 41.8 Å². The average Bonchev–Trinajstić information content (AvgIpc) is 2.72. The molecule has 1 aliphatic heterocycles. The summed E-state index contributed by atoms with van der Waals surface area (Å²) < 4.78 is 38.7. The monoisotopic (exact) mass is 469 g/mol. The molecular weight excluding hydrogens is 450 g/mol. The molecule has 31 heavy (non-hydrogen) atoms. The van der Waals surface area contributed by atoms with E-state index < -0.39 is 17.2 Å². The van der Waals surface area contributed by atoms with Crippen molar-refractivity contribution in [2.45, 2.75) is 25.6 Å². The zero-order chi connectivity index (χ0) is 22.6. The number of benzene rings is 2. The second kappa shape index (κ2) is 9.47. The number of halogens is 5. The first-order valence-corrected chi connectivity index (χ1v) is 10.4. The van der Waals surface area contributed by atoms with Gasteiger partial charge < -0.3 is 5.32 Å². The van der Waals surface area contributed by atoms with Gasteiger partial charge in [0.05, 0.1) is 17.0 Å². The molecule has 1 saturated heterocycles. The van der Waals surface area contributed by atoms with Crippen LogP contribution in [0.2, 0.25) is 10.0 Å². The molecule has 0 unspecified atom stereocenters. The van der Waals surface area contributed by atoms with Crippen molar-refractivity contribution < 1.29 is 18.0 Å². The first-order valence-electron chi connectivity index (χ1n) is 9.64. The van der Waals surface area contributed by atoms with E-state index in [1.54, 1.807) is 6.07 Å². The Labute approximate surface area is 188 Å². The largest absolute Gasteiger partial charge is 0.416 e. The number of nitrogens with zero attached hydrogens (tertiary/aromatic N) is 2. The van der Waals surface area contributed by atoms with Crippen molar-refractivity contribution in [2.75, 3.05) is 19.6 Å². The summed E-state index contributed by atoms with van der Waals surface area (Å²) in [6, 6.07) is 12.1. The smallest absolute Gasteiger partial charge is 0.350 e. The Morgan fingerprint density at radius 1 is 1.13 bits per heavy atom. The van der Waals surface area contributed by atoms with Crippen LogP contribution in [0.25, 0.3) is 0 Å². The van der Waals surface area contributed by atoms with Crippen LogP contribution in [0.5, 0.6) is 0 Å². The Morgan fingerprint density at radius 3 is 2.35 bits per heavy atom. The number of alkyl halides is 3. The van der Waals surface area contributed by atoms with Gasteiger partial charge in [-0.2, -0.15) is 18.4 Å². The first-order chi connectivity index (χ1) is 14.6. The van der Waals surface area contributed by atoms with E-state index >= 15 is 0 Å². The van der Waals surface area contributed by atoms with Gasteiger partial charge in [-0.05, 0) is 42.7 Å². The number of nitriles is 1. The molecule has 1 amide bonds. The standard InChI is InChI=1S/C22H20Cl2F3N3O/c23-18-9-16(10-19(24)11-18)20(31)29-14-21(13-28)4-6-30(7-5-21)12-15-2-1-3-17(8-15)22(25,26)27/h1-3,8-11H,4-7,12,14H2,(H,29,31). The molecule has 1 fully saturated rings. The maximum Gasteiger partial charge on any atom is 0.416 e.